The summed E-state index contributed by atoms with van der Waals surface area (Å²) in [5, 5.41) is 15.4. The number of oxime groups is 1. The standard InChI is InChI=1S/C24H30ClFN2O3/c1-24(2,3)30-16-20(29)14-28(13-18-6-4-5-7-22(18)25)15-21-12-23(27-31-21)17-8-10-19(26)11-9-17/h4-11,20-21,29H,12-16H2,1-3H3. The van der Waals surface area contributed by atoms with Crippen LogP contribution in [0.4, 0.5) is 4.39 Å². The molecule has 0 fully saturated rings. The molecule has 0 spiro atoms. The third-order valence-corrected chi connectivity index (χ3v) is 5.27. The van der Waals surface area contributed by atoms with E-state index < -0.39 is 6.10 Å². The first-order valence-electron chi connectivity index (χ1n) is 10.5. The van der Waals surface area contributed by atoms with Crippen LogP contribution >= 0.6 is 11.6 Å². The molecule has 0 radical (unpaired) electrons. The molecule has 1 aliphatic rings. The summed E-state index contributed by atoms with van der Waals surface area (Å²) in [5.74, 6) is -0.280. The molecule has 5 nitrogen and oxygen atoms in total. The molecule has 1 N–H and O–H groups in total. The fourth-order valence-electron chi connectivity index (χ4n) is 3.40. The van der Waals surface area contributed by atoms with Gasteiger partial charge in [-0.05, 0) is 50.1 Å². The first-order chi connectivity index (χ1) is 14.7. The number of rotatable bonds is 9. The van der Waals surface area contributed by atoms with Gasteiger partial charge >= 0.3 is 0 Å². The summed E-state index contributed by atoms with van der Waals surface area (Å²) in [4.78, 5) is 7.75. The van der Waals surface area contributed by atoms with Crippen molar-refractivity contribution in [3.05, 3.63) is 70.5 Å². The highest BCUT2D eigenvalue weighted by Crippen LogP contribution is 2.21. The average molecular weight is 449 g/mol. The number of hydrogen-bond donors (Lipinski definition) is 1. The summed E-state index contributed by atoms with van der Waals surface area (Å²) in [6.07, 6.45) is -0.210. The lowest BCUT2D eigenvalue weighted by Crippen LogP contribution is -2.40. The topological polar surface area (TPSA) is 54.3 Å². The monoisotopic (exact) mass is 448 g/mol. The van der Waals surface area contributed by atoms with Crippen LogP contribution in [0.3, 0.4) is 0 Å². The van der Waals surface area contributed by atoms with Crippen molar-refractivity contribution < 1.29 is 19.1 Å². The van der Waals surface area contributed by atoms with Crippen molar-refractivity contribution in [1.29, 1.82) is 0 Å². The Kier molecular flexibility index (Phi) is 8.06. The molecule has 0 aliphatic carbocycles. The third-order valence-electron chi connectivity index (χ3n) is 4.90. The van der Waals surface area contributed by atoms with E-state index >= 15 is 0 Å². The summed E-state index contributed by atoms with van der Waals surface area (Å²) in [6.45, 7) is 7.66. The average Bonchev–Trinajstić information content (AvgIpc) is 3.16. The van der Waals surface area contributed by atoms with E-state index in [0.29, 0.717) is 31.1 Å². The van der Waals surface area contributed by atoms with Gasteiger partial charge < -0.3 is 14.7 Å². The maximum absolute atomic E-state index is 13.2. The lowest BCUT2D eigenvalue weighted by Gasteiger charge is -2.29. The van der Waals surface area contributed by atoms with Crippen LogP contribution in [-0.4, -0.2) is 53.2 Å². The molecule has 0 saturated carbocycles. The van der Waals surface area contributed by atoms with Gasteiger partial charge in [-0.2, -0.15) is 0 Å². The van der Waals surface area contributed by atoms with Gasteiger partial charge in [0.2, 0.25) is 0 Å². The largest absolute Gasteiger partial charge is 0.390 e. The van der Waals surface area contributed by atoms with Crippen LogP contribution in [0.1, 0.15) is 38.3 Å². The molecule has 2 aromatic carbocycles. The molecular formula is C24H30ClFN2O3. The van der Waals surface area contributed by atoms with Crippen LogP contribution in [0, 0.1) is 5.82 Å². The van der Waals surface area contributed by atoms with Crippen LogP contribution in [0.15, 0.2) is 53.7 Å². The summed E-state index contributed by atoms with van der Waals surface area (Å²) < 4.78 is 18.9. The van der Waals surface area contributed by atoms with E-state index in [1.165, 1.54) is 12.1 Å². The molecule has 1 aliphatic heterocycles. The zero-order chi connectivity index (χ0) is 22.4. The fraction of sp³-hybridized carbons (Fsp3) is 0.458. The highest BCUT2D eigenvalue weighted by Gasteiger charge is 2.26. The highest BCUT2D eigenvalue weighted by molar-refractivity contribution is 6.31. The normalized spacial score (nSPS) is 17.5. The molecule has 168 valence electrons. The van der Waals surface area contributed by atoms with Gasteiger partial charge in [0.15, 0.2) is 0 Å². The first-order valence-corrected chi connectivity index (χ1v) is 10.8. The van der Waals surface area contributed by atoms with Gasteiger partial charge in [0.1, 0.15) is 11.9 Å². The zero-order valence-electron chi connectivity index (χ0n) is 18.2. The van der Waals surface area contributed by atoms with Crippen molar-refractivity contribution >= 4 is 17.3 Å². The van der Waals surface area contributed by atoms with Crippen molar-refractivity contribution in [2.24, 2.45) is 5.16 Å². The van der Waals surface area contributed by atoms with E-state index in [0.717, 1.165) is 16.8 Å². The second-order valence-corrected chi connectivity index (χ2v) is 9.25. The molecule has 31 heavy (non-hydrogen) atoms. The van der Waals surface area contributed by atoms with Gasteiger partial charge in [0, 0.05) is 31.1 Å². The smallest absolute Gasteiger partial charge is 0.145 e. The second kappa shape index (κ2) is 10.6. The van der Waals surface area contributed by atoms with Gasteiger partial charge in [0.05, 0.1) is 24.0 Å². The zero-order valence-corrected chi connectivity index (χ0v) is 19.0. The van der Waals surface area contributed by atoms with Gasteiger partial charge in [0.25, 0.3) is 0 Å². The lowest BCUT2D eigenvalue weighted by molar-refractivity contribution is -0.0600. The van der Waals surface area contributed by atoms with Crippen molar-refractivity contribution in [3.8, 4) is 0 Å². The Morgan fingerprint density at radius 1 is 1.23 bits per heavy atom. The Labute approximate surface area is 188 Å². The summed E-state index contributed by atoms with van der Waals surface area (Å²) >= 11 is 6.36. The molecule has 0 aromatic heterocycles. The van der Waals surface area contributed by atoms with Crippen molar-refractivity contribution in [1.82, 2.24) is 4.90 Å². The SMILES string of the molecule is CC(C)(C)OCC(O)CN(Cc1ccccc1Cl)CC1CC(c2ccc(F)cc2)=NO1. The Morgan fingerprint density at radius 2 is 1.94 bits per heavy atom. The molecule has 1 heterocycles. The summed E-state index contributed by atoms with van der Waals surface area (Å²) in [5.41, 5.74) is 2.30. The van der Waals surface area contributed by atoms with Crippen LogP contribution in [0.25, 0.3) is 0 Å². The molecule has 2 atom stereocenters. The maximum atomic E-state index is 13.2. The van der Waals surface area contributed by atoms with Crippen LogP contribution in [-0.2, 0) is 16.1 Å². The van der Waals surface area contributed by atoms with Crippen LogP contribution in [0.2, 0.25) is 5.02 Å². The van der Waals surface area contributed by atoms with Crippen LogP contribution in [0.5, 0.6) is 0 Å². The van der Waals surface area contributed by atoms with E-state index in [-0.39, 0.29) is 24.1 Å². The van der Waals surface area contributed by atoms with E-state index in [4.69, 9.17) is 21.2 Å². The fourth-order valence-corrected chi connectivity index (χ4v) is 3.59. The number of hydrogen-bond acceptors (Lipinski definition) is 5. The minimum Gasteiger partial charge on any atom is -0.390 e. The van der Waals surface area contributed by atoms with Gasteiger partial charge in [-0.3, -0.25) is 4.90 Å². The Hall–Kier alpha value is -1.99. The quantitative estimate of drug-likeness (QED) is 0.606. The van der Waals surface area contributed by atoms with E-state index in [1.54, 1.807) is 12.1 Å². The third kappa shape index (κ3) is 7.58. The Bertz CT molecular complexity index is 883. The van der Waals surface area contributed by atoms with E-state index in [2.05, 4.69) is 10.1 Å². The highest BCUT2D eigenvalue weighted by atomic mass is 35.5. The molecule has 0 saturated heterocycles. The van der Waals surface area contributed by atoms with Gasteiger partial charge in [-0.15, -0.1) is 0 Å². The Balaban J connectivity index is 1.63. The molecule has 3 rings (SSSR count). The molecule has 2 aromatic rings. The number of nitrogens with zero attached hydrogens (tertiary/aromatic N) is 2. The maximum Gasteiger partial charge on any atom is 0.145 e. The predicted octanol–water partition coefficient (Wildman–Crippen LogP) is 4.65. The Morgan fingerprint density at radius 3 is 2.61 bits per heavy atom. The van der Waals surface area contributed by atoms with E-state index in [9.17, 15) is 9.50 Å². The summed E-state index contributed by atoms with van der Waals surface area (Å²) in [6, 6.07) is 13.9. The van der Waals surface area contributed by atoms with Crippen molar-refractivity contribution in [3.63, 3.8) is 0 Å². The van der Waals surface area contributed by atoms with Crippen molar-refractivity contribution in [2.75, 3.05) is 19.7 Å². The van der Waals surface area contributed by atoms with Crippen LogP contribution < -0.4 is 0 Å². The second-order valence-electron chi connectivity index (χ2n) is 8.84. The molecule has 0 bridgehead atoms. The molecule has 2 unspecified atom stereocenters. The number of aliphatic hydroxyl groups excluding tert-OH is 1. The number of halogens is 2. The first kappa shape index (κ1) is 23.7. The number of ether oxygens (including phenoxy) is 1. The predicted molar refractivity (Wildman–Crippen MR) is 121 cm³/mol. The molecule has 0 amide bonds. The van der Waals surface area contributed by atoms with Gasteiger partial charge in [-0.1, -0.05) is 47.1 Å². The minimum absolute atomic E-state index is 0.168. The molecule has 7 heteroatoms. The minimum atomic E-state index is -0.652. The van der Waals surface area contributed by atoms with E-state index in [1.807, 2.05) is 45.0 Å². The lowest BCUT2D eigenvalue weighted by atomic mass is 10.0. The van der Waals surface area contributed by atoms with Crippen molar-refractivity contribution in [2.45, 2.75) is 51.5 Å². The number of benzene rings is 2. The summed E-state index contributed by atoms with van der Waals surface area (Å²) in [7, 11) is 0. The molecular weight excluding hydrogens is 419 g/mol. The van der Waals surface area contributed by atoms with Gasteiger partial charge in [-0.25, -0.2) is 4.39 Å². The number of aliphatic hydroxyl groups is 1.